The van der Waals surface area contributed by atoms with Gasteiger partial charge in [0.2, 0.25) is 0 Å². The van der Waals surface area contributed by atoms with Gasteiger partial charge in [-0.15, -0.1) is 0 Å². The summed E-state index contributed by atoms with van der Waals surface area (Å²) in [5, 5.41) is 7.47. The van der Waals surface area contributed by atoms with E-state index in [0.717, 1.165) is 6.42 Å². The van der Waals surface area contributed by atoms with Crippen molar-refractivity contribution in [3.63, 3.8) is 0 Å². The zero-order chi connectivity index (χ0) is 8.15. The first-order valence-electron chi connectivity index (χ1n) is 3.60. The molecule has 2 heteroatoms. The summed E-state index contributed by atoms with van der Waals surface area (Å²) in [6.45, 7) is 5.90. The second kappa shape index (κ2) is 4.09. The number of nitrogens with one attached hydrogen (secondary N) is 1. The smallest absolute Gasteiger partial charge is 0.0358 e. The maximum atomic E-state index is 7.47. The standard InChI is InChI=1S/C8H16N2/c1-4-6(2)8(10)5-7(3)9/h5-6,10H,4,9H2,1-3H3/b7-5-,10-8?. The van der Waals surface area contributed by atoms with E-state index in [9.17, 15) is 0 Å². The third-order valence-electron chi connectivity index (χ3n) is 1.53. The van der Waals surface area contributed by atoms with E-state index < -0.39 is 0 Å². The van der Waals surface area contributed by atoms with Crippen LogP contribution in [0, 0.1) is 11.3 Å². The third-order valence-corrected chi connectivity index (χ3v) is 1.53. The van der Waals surface area contributed by atoms with Gasteiger partial charge in [-0.2, -0.15) is 0 Å². The molecule has 58 valence electrons. The van der Waals surface area contributed by atoms with Gasteiger partial charge in [-0.25, -0.2) is 0 Å². The van der Waals surface area contributed by atoms with Crippen molar-refractivity contribution in [2.24, 2.45) is 11.7 Å². The fourth-order valence-corrected chi connectivity index (χ4v) is 0.607. The van der Waals surface area contributed by atoms with Crippen LogP contribution in [0.5, 0.6) is 0 Å². The number of allylic oxidation sites excluding steroid dienone is 2. The highest BCUT2D eigenvalue weighted by Gasteiger charge is 2.01. The van der Waals surface area contributed by atoms with Gasteiger partial charge in [0.1, 0.15) is 0 Å². The maximum Gasteiger partial charge on any atom is 0.0358 e. The molecule has 0 aliphatic rings. The van der Waals surface area contributed by atoms with Crippen molar-refractivity contribution in [1.82, 2.24) is 0 Å². The molecule has 0 aliphatic carbocycles. The topological polar surface area (TPSA) is 49.9 Å². The summed E-state index contributed by atoms with van der Waals surface area (Å²) < 4.78 is 0. The molecular weight excluding hydrogens is 124 g/mol. The lowest BCUT2D eigenvalue weighted by Crippen LogP contribution is -2.07. The Morgan fingerprint density at radius 1 is 1.70 bits per heavy atom. The molecule has 0 aromatic rings. The van der Waals surface area contributed by atoms with Crippen LogP contribution in [0.25, 0.3) is 0 Å². The van der Waals surface area contributed by atoms with Crippen molar-refractivity contribution < 1.29 is 0 Å². The van der Waals surface area contributed by atoms with Gasteiger partial charge >= 0.3 is 0 Å². The monoisotopic (exact) mass is 140 g/mol. The van der Waals surface area contributed by atoms with Crippen LogP contribution in [-0.4, -0.2) is 5.71 Å². The Bertz CT molecular complexity index is 143. The number of hydrogen-bond acceptors (Lipinski definition) is 2. The molecule has 0 saturated heterocycles. The molecule has 0 fully saturated rings. The molecule has 0 heterocycles. The van der Waals surface area contributed by atoms with Gasteiger partial charge in [-0.05, 0) is 25.3 Å². The second-order valence-corrected chi connectivity index (χ2v) is 2.65. The summed E-state index contributed by atoms with van der Waals surface area (Å²) in [5.74, 6) is 0.332. The molecule has 1 unspecified atom stereocenters. The van der Waals surface area contributed by atoms with Crippen LogP contribution in [0.15, 0.2) is 11.8 Å². The first-order valence-corrected chi connectivity index (χ1v) is 3.60. The lowest BCUT2D eigenvalue weighted by atomic mass is 10.0. The van der Waals surface area contributed by atoms with Crippen molar-refractivity contribution >= 4 is 5.71 Å². The Balaban J connectivity index is 3.97. The Morgan fingerprint density at radius 3 is 2.50 bits per heavy atom. The summed E-state index contributed by atoms with van der Waals surface area (Å²) in [6.07, 6.45) is 2.72. The molecular formula is C8H16N2. The summed E-state index contributed by atoms with van der Waals surface area (Å²) in [4.78, 5) is 0. The van der Waals surface area contributed by atoms with Crippen LogP contribution in [0.4, 0.5) is 0 Å². The highest BCUT2D eigenvalue weighted by atomic mass is 14.6. The predicted octanol–water partition coefficient (Wildman–Crippen LogP) is 1.91. The minimum atomic E-state index is 0.332. The quantitative estimate of drug-likeness (QED) is 0.578. The highest BCUT2D eigenvalue weighted by molar-refractivity contribution is 5.94. The fraction of sp³-hybridized carbons (Fsp3) is 0.625. The first-order chi connectivity index (χ1) is 4.57. The molecule has 0 bridgehead atoms. The van der Waals surface area contributed by atoms with Crippen molar-refractivity contribution in [1.29, 1.82) is 5.41 Å². The van der Waals surface area contributed by atoms with E-state index in [1.165, 1.54) is 0 Å². The van der Waals surface area contributed by atoms with Gasteiger partial charge in [0.05, 0.1) is 0 Å². The minimum absolute atomic E-state index is 0.332. The average Bonchev–Trinajstić information content (AvgIpc) is 1.85. The molecule has 0 amide bonds. The van der Waals surface area contributed by atoms with Crippen LogP contribution in [-0.2, 0) is 0 Å². The van der Waals surface area contributed by atoms with Crippen LogP contribution < -0.4 is 5.73 Å². The molecule has 0 rings (SSSR count). The Kier molecular flexibility index (Phi) is 3.77. The van der Waals surface area contributed by atoms with Crippen molar-refractivity contribution in [2.75, 3.05) is 0 Å². The van der Waals surface area contributed by atoms with Crippen LogP contribution in [0.1, 0.15) is 27.2 Å². The molecule has 0 spiro atoms. The summed E-state index contributed by atoms with van der Waals surface area (Å²) in [7, 11) is 0. The van der Waals surface area contributed by atoms with Gasteiger partial charge in [0.15, 0.2) is 0 Å². The largest absolute Gasteiger partial charge is 0.402 e. The molecule has 0 aromatic carbocycles. The van der Waals surface area contributed by atoms with E-state index in [1.807, 2.05) is 6.92 Å². The van der Waals surface area contributed by atoms with E-state index in [-0.39, 0.29) is 0 Å². The van der Waals surface area contributed by atoms with Gasteiger partial charge in [-0.3, -0.25) is 0 Å². The second-order valence-electron chi connectivity index (χ2n) is 2.65. The van der Waals surface area contributed by atoms with E-state index >= 15 is 0 Å². The van der Waals surface area contributed by atoms with E-state index in [4.69, 9.17) is 11.1 Å². The molecule has 0 aliphatic heterocycles. The zero-order valence-electron chi connectivity index (χ0n) is 6.94. The van der Waals surface area contributed by atoms with Gasteiger partial charge in [0.25, 0.3) is 0 Å². The molecule has 2 nitrogen and oxygen atoms in total. The fourth-order valence-electron chi connectivity index (χ4n) is 0.607. The molecule has 1 atom stereocenters. The van der Waals surface area contributed by atoms with Gasteiger partial charge in [0, 0.05) is 11.4 Å². The normalized spacial score (nSPS) is 14.9. The van der Waals surface area contributed by atoms with Crippen molar-refractivity contribution in [2.45, 2.75) is 27.2 Å². The van der Waals surface area contributed by atoms with Crippen LogP contribution in [0.3, 0.4) is 0 Å². The van der Waals surface area contributed by atoms with E-state index in [1.54, 1.807) is 13.0 Å². The molecule has 10 heavy (non-hydrogen) atoms. The maximum absolute atomic E-state index is 7.47. The van der Waals surface area contributed by atoms with Crippen LogP contribution in [0.2, 0.25) is 0 Å². The lowest BCUT2D eigenvalue weighted by molar-refractivity contribution is 0.738. The average molecular weight is 140 g/mol. The van der Waals surface area contributed by atoms with Crippen molar-refractivity contribution in [3.05, 3.63) is 11.8 Å². The Hall–Kier alpha value is -0.790. The van der Waals surface area contributed by atoms with E-state index in [0.29, 0.717) is 17.3 Å². The predicted molar refractivity (Wildman–Crippen MR) is 45.1 cm³/mol. The summed E-state index contributed by atoms with van der Waals surface area (Å²) in [5.41, 5.74) is 6.75. The van der Waals surface area contributed by atoms with Gasteiger partial charge in [-0.1, -0.05) is 13.8 Å². The Labute approximate surface area is 62.6 Å². The summed E-state index contributed by atoms with van der Waals surface area (Å²) >= 11 is 0. The number of nitrogens with two attached hydrogens (primary N) is 1. The van der Waals surface area contributed by atoms with E-state index in [2.05, 4.69) is 6.92 Å². The highest BCUT2D eigenvalue weighted by Crippen LogP contribution is 2.03. The number of rotatable bonds is 3. The van der Waals surface area contributed by atoms with Crippen LogP contribution >= 0.6 is 0 Å². The third kappa shape index (κ3) is 3.28. The molecule has 0 saturated carbocycles. The zero-order valence-corrected chi connectivity index (χ0v) is 6.94. The lowest BCUT2D eigenvalue weighted by Gasteiger charge is -2.05. The molecule has 0 aromatic heterocycles. The molecule has 0 radical (unpaired) electrons. The first kappa shape index (κ1) is 9.21. The molecule has 3 N–H and O–H groups in total. The number of hydrogen-bond donors (Lipinski definition) is 2. The Morgan fingerprint density at radius 2 is 2.20 bits per heavy atom. The SMILES string of the molecule is CCC(C)C(=N)/C=C(/C)N. The minimum Gasteiger partial charge on any atom is -0.402 e. The van der Waals surface area contributed by atoms with Crippen molar-refractivity contribution in [3.8, 4) is 0 Å². The summed E-state index contributed by atoms with van der Waals surface area (Å²) in [6, 6.07) is 0. The van der Waals surface area contributed by atoms with Gasteiger partial charge < -0.3 is 11.1 Å².